The molecule has 0 radical (unpaired) electrons. The zero-order chi connectivity index (χ0) is 25.7. The molecule has 3 aromatic carbocycles. The van der Waals surface area contributed by atoms with E-state index in [9.17, 15) is 14.4 Å². The summed E-state index contributed by atoms with van der Waals surface area (Å²) in [6, 6.07) is 25.3. The maximum Gasteiger partial charge on any atom is 0.238 e. The number of anilines is 1. The molecule has 0 aromatic heterocycles. The minimum absolute atomic E-state index is 0.133. The highest BCUT2D eigenvalue weighted by atomic mass is 16.5. The topological polar surface area (TPSA) is 63.7 Å². The van der Waals surface area contributed by atoms with E-state index in [1.807, 2.05) is 43.3 Å². The van der Waals surface area contributed by atoms with Crippen LogP contribution < -0.4 is 9.64 Å². The van der Waals surface area contributed by atoms with Crippen molar-refractivity contribution < 1.29 is 19.1 Å². The largest absolute Gasteiger partial charge is 0.492 e. The summed E-state index contributed by atoms with van der Waals surface area (Å²) in [4.78, 5) is 41.3. The van der Waals surface area contributed by atoms with Gasteiger partial charge in [-0.15, -0.1) is 0 Å². The van der Waals surface area contributed by atoms with Crippen LogP contribution in [0.4, 0.5) is 5.69 Å². The predicted octanol–water partition coefficient (Wildman–Crippen LogP) is 5.71. The minimum atomic E-state index is -0.476. The van der Waals surface area contributed by atoms with Gasteiger partial charge in [-0.2, -0.15) is 0 Å². The average molecular weight is 490 g/mol. The number of allylic oxidation sites excluding steroid dienone is 3. The molecule has 1 saturated heterocycles. The molecule has 184 valence electrons. The number of imide groups is 1. The monoisotopic (exact) mass is 489 g/mol. The third-order valence-electron chi connectivity index (χ3n) is 7.74. The molecule has 1 saturated carbocycles. The second-order valence-corrected chi connectivity index (χ2v) is 9.73. The van der Waals surface area contributed by atoms with Crippen LogP contribution in [0.3, 0.4) is 0 Å². The summed E-state index contributed by atoms with van der Waals surface area (Å²) >= 11 is 0. The molecule has 1 heterocycles. The summed E-state index contributed by atoms with van der Waals surface area (Å²) in [7, 11) is 0. The fourth-order valence-electron chi connectivity index (χ4n) is 6.23. The van der Waals surface area contributed by atoms with E-state index in [1.165, 1.54) is 11.8 Å². The van der Waals surface area contributed by atoms with E-state index in [4.69, 9.17) is 4.74 Å². The molecule has 6 rings (SSSR count). The van der Waals surface area contributed by atoms with Crippen molar-refractivity contribution in [2.45, 2.75) is 13.8 Å². The Balaban J connectivity index is 1.47. The maximum atomic E-state index is 14.0. The van der Waals surface area contributed by atoms with Crippen molar-refractivity contribution in [2.75, 3.05) is 11.5 Å². The molecule has 0 spiro atoms. The molecule has 3 aliphatic rings. The van der Waals surface area contributed by atoms with Gasteiger partial charge in [0.2, 0.25) is 11.8 Å². The van der Waals surface area contributed by atoms with Gasteiger partial charge in [-0.3, -0.25) is 14.4 Å². The number of nitrogens with zero attached hydrogens (tertiary/aromatic N) is 1. The number of fused-ring (bicyclic) bond motifs is 5. The average Bonchev–Trinajstić information content (AvgIpc) is 3.55. The molecule has 2 bridgehead atoms. The molecule has 5 heteroatoms. The zero-order valence-electron chi connectivity index (χ0n) is 20.8. The first-order valence-electron chi connectivity index (χ1n) is 12.7. The van der Waals surface area contributed by atoms with Crippen molar-refractivity contribution in [3.8, 4) is 5.75 Å². The van der Waals surface area contributed by atoms with E-state index in [0.29, 0.717) is 23.6 Å². The molecule has 0 N–H and O–H groups in total. The van der Waals surface area contributed by atoms with Gasteiger partial charge < -0.3 is 4.74 Å². The lowest BCUT2D eigenvalue weighted by atomic mass is 9.85. The molecule has 37 heavy (non-hydrogen) atoms. The molecule has 0 unspecified atom stereocenters. The summed E-state index contributed by atoms with van der Waals surface area (Å²) < 4.78 is 5.76. The van der Waals surface area contributed by atoms with E-state index >= 15 is 0 Å². The van der Waals surface area contributed by atoms with Crippen LogP contribution in [0.5, 0.6) is 5.75 Å². The van der Waals surface area contributed by atoms with E-state index < -0.39 is 11.8 Å². The van der Waals surface area contributed by atoms with Gasteiger partial charge >= 0.3 is 0 Å². The van der Waals surface area contributed by atoms with Crippen molar-refractivity contribution in [1.82, 2.24) is 0 Å². The van der Waals surface area contributed by atoms with E-state index in [0.717, 1.165) is 22.3 Å². The first kappa shape index (κ1) is 23.2. The third kappa shape index (κ3) is 3.57. The van der Waals surface area contributed by atoms with E-state index in [-0.39, 0.29) is 29.4 Å². The van der Waals surface area contributed by atoms with Crippen LogP contribution in [0.1, 0.15) is 35.3 Å². The van der Waals surface area contributed by atoms with E-state index in [1.54, 1.807) is 18.2 Å². The molecular formula is C32H27NO4. The summed E-state index contributed by atoms with van der Waals surface area (Å²) in [5.74, 6) is -1.45. The van der Waals surface area contributed by atoms with Crippen LogP contribution in [0, 0.1) is 23.7 Å². The molecule has 1 aliphatic heterocycles. The number of carbonyl (C=O) groups is 3. The highest BCUT2D eigenvalue weighted by molar-refractivity contribution is 6.24. The van der Waals surface area contributed by atoms with Crippen LogP contribution >= 0.6 is 0 Å². The van der Waals surface area contributed by atoms with Crippen molar-refractivity contribution >= 4 is 28.9 Å². The van der Waals surface area contributed by atoms with Gasteiger partial charge in [-0.1, -0.05) is 72.8 Å². The second-order valence-electron chi connectivity index (χ2n) is 9.73. The number of amides is 2. The smallest absolute Gasteiger partial charge is 0.238 e. The summed E-state index contributed by atoms with van der Waals surface area (Å²) in [6.45, 7) is 3.70. The fraction of sp³-hybridized carbons (Fsp3) is 0.219. The van der Waals surface area contributed by atoms with Gasteiger partial charge in [0.25, 0.3) is 0 Å². The standard InChI is InChI=1S/C32H27NO4/c1-3-37-26-17-14-22(19(2)34)18-25(26)33-31(35)29-23-15-16-24(30(29)32(33)36)28(23)27(20-10-6-4-7-11-20)21-12-8-5-9-13-21/h4-18,23-24,29-30H,3H2,1-2H3/t23-,24+,29+,30-. The Bertz CT molecular complexity index is 1400. The Hall–Kier alpha value is -4.25. The van der Waals surface area contributed by atoms with Crippen LogP contribution in [0.15, 0.2) is 96.6 Å². The Kier molecular flexibility index (Phi) is 5.64. The lowest BCUT2D eigenvalue weighted by Gasteiger charge is -2.23. The van der Waals surface area contributed by atoms with Crippen molar-refractivity contribution in [2.24, 2.45) is 23.7 Å². The molecule has 3 aromatic rings. The zero-order valence-corrected chi connectivity index (χ0v) is 20.8. The molecule has 2 aliphatic carbocycles. The van der Waals surface area contributed by atoms with Gasteiger partial charge in [0.05, 0.1) is 24.1 Å². The summed E-state index contributed by atoms with van der Waals surface area (Å²) in [5.41, 5.74) is 5.18. The molecule has 5 nitrogen and oxygen atoms in total. The Morgan fingerprint density at radius 2 is 1.32 bits per heavy atom. The number of hydrogen-bond acceptors (Lipinski definition) is 4. The summed E-state index contributed by atoms with van der Waals surface area (Å²) in [6.07, 6.45) is 4.19. The van der Waals surface area contributed by atoms with Gasteiger partial charge in [-0.25, -0.2) is 4.90 Å². The molecular weight excluding hydrogens is 462 g/mol. The molecule has 2 fully saturated rings. The van der Waals surface area contributed by atoms with Crippen molar-refractivity contribution in [3.05, 3.63) is 113 Å². The number of Topliss-reactive ketones (excluding diaryl/α,β-unsaturated/α-hetero) is 1. The van der Waals surface area contributed by atoms with E-state index in [2.05, 4.69) is 36.4 Å². The first-order valence-corrected chi connectivity index (χ1v) is 12.7. The van der Waals surface area contributed by atoms with Gasteiger partial charge in [0.1, 0.15) is 5.75 Å². The highest BCUT2D eigenvalue weighted by Gasteiger charge is 2.62. The number of rotatable bonds is 6. The quantitative estimate of drug-likeness (QED) is 0.253. The van der Waals surface area contributed by atoms with Crippen LogP contribution in [-0.2, 0) is 9.59 Å². The fourth-order valence-corrected chi connectivity index (χ4v) is 6.23. The van der Waals surface area contributed by atoms with Crippen LogP contribution in [0.25, 0.3) is 5.57 Å². The highest BCUT2D eigenvalue weighted by Crippen LogP contribution is 2.59. The number of ether oxygens (including phenoxy) is 1. The van der Waals surface area contributed by atoms with Crippen LogP contribution in [0.2, 0.25) is 0 Å². The van der Waals surface area contributed by atoms with Crippen LogP contribution in [-0.4, -0.2) is 24.2 Å². The second kappa shape index (κ2) is 9.00. The molecule has 2 amide bonds. The van der Waals surface area contributed by atoms with Gasteiger partial charge in [-0.05, 0) is 54.3 Å². The predicted molar refractivity (Wildman–Crippen MR) is 142 cm³/mol. The Morgan fingerprint density at radius 1 is 0.784 bits per heavy atom. The SMILES string of the molecule is CCOc1ccc(C(C)=O)cc1N1C(=O)[C@@H]2[C@H](C1=O)[C@H]1C=C[C@@H]2C1=C(c1ccccc1)c1ccccc1. The minimum Gasteiger partial charge on any atom is -0.492 e. The first-order chi connectivity index (χ1) is 18.0. The number of benzene rings is 3. The Morgan fingerprint density at radius 3 is 1.81 bits per heavy atom. The van der Waals surface area contributed by atoms with Gasteiger partial charge in [0, 0.05) is 17.4 Å². The molecule has 4 atom stereocenters. The lowest BCUT2D eigenvalue weighted by Crippen LogP contribution is -2.34. The Labute approximate surface area is 216 Å². The lowest BCUT2D eigenvalue weighted by molar-refractivity contribution is -0.123. The third-order valence-corrected chi connectivity index (χ3v) is 7.74. The number of hydrogen-bond donors (Lipinski definition) is 0. The van der Waals surface area contributed by atoms with Gasteiger partial charge in [0.15, 0.2) is 5.78 Å². The number of carbonyl (C=O) groups excluding carboxylic acids is 3. The van der Waals surface area contributed by atoms with Crippen molar-refractivity contribution in [3.63, 3.8) is 0 Å². The number of ketones is 1. The normalized spacial score (nSPS) is 23.5. The van der Waals surface area contributed by atoms with Crippen molar-refractivity contribution in [1.29, 1.82) is 0 Å². The summed E-state index contributed by atoms with van der Waals surface area (Å²) in [5, 5.41) is 0. The maximum absolute atomic E-state index is 14.0.